The van der Waals surface area contributed by atoms with Gasteiger partial charge in [0, 0.05) is 36.1 Å². The fourth-order valence-electron chi connectivity index (χ4n) is 5.02. The molecule has 5 rings (SSSR count). The summed E-state index contributed by atoms with van der Waals surface area (Å²) >= 11 is 0. The highest BCUT2D eigenvalue weighted by molar-refractivity contribution is 6.02. The van der Waals surface area contributed by atoms with Crippen molar-refractivity contribution in [2.75, 3.05) is 19.6 Å². The van der Waals surface area contributed by atoms with Gasteiger partial charge in [0.25, 0.3) is 0 Å². The summed E-state index contributed by atoms with van der Waals surface area (Å²) in [6.07, 6.45) is 16.4. The number of hydrogen-bond acceptors (Lipinski definition) is 4. The van der Waals surface area contributed by atoms with Crippen LogP contribution in [-0.2, 0) is 0 Å². The lowest BCUT2D eigenvalue weighted by Crippen LogP contribution is -2.32. The molecule has 37 heavy (non-hydrogen) atoms. The molecule has 0 radical (unpaired) electrons. The van der Waals surface area contributed by atoms with E-state index in [4.69, 9.17) is 9.73 Å². The van der Waals surface area contributed by atoms with Crippen molar-refractivity contribution in [1.82, 2.24) is 9.80 Å². The third kappa shape index (κ3) is 5.15. The normalized spacial score (nSPS) is 20.4. The maximum atomic E-state index is 15.1. The van der Waals surface area contributed by atoms with E-state index in [2.05, 4.69) is 54.2 Å². The van der Waals surface area contributed by atoms with Crippen molar-refractivity contribution in [3.8, 4) is 5.75 Å². The monoisotopic (exact) mass is 499 g/mol. The van der Waals surface area contributed by atoms with Crippen LogP contribution >= 0.6 is 0 Å². The molecular weight excluding hydrogens is 461 g/mol. The molecule has 0 saturated heterocycles. The topological polar surface area (TPSA) is 28.1 Å². The van der Waals surface area contributed by atoms with Gasteiger partial charge in [-0.05, 0) is 112 Å². The zero-order chi connectivity index (χ0) is 26.1. The Morgan fingerprint density at radius 3 is 2.57 bits per heavy atom. The first-order valence-electron chi connectivity index (χ1n) is 13.7. The summed E-state index contributed by atoms with van der Waals surface area (Å²) in [5.74, 6) is 1.97. The maximum absolute atomic E-state index is 15.1. The zero-order valence-electron chi connectivity index (χ0n) is 22.8. The predicted octanol–water partition coefficient (Wildman–Crippen LogP) is 7.82. The fourth-order valence-corrected chi connectivity index (χ4v) is 5.02. The van der Waals surface area contributed by atoms with E-state index < -0.39 is 0 Å². The molecule has 3 aliphatic heterocycles. The van der Waals surface area contributed by atoms with Crippen molar-refractivity contribution in [1.29, 1.82) is 0 Å². The Morgan fingerprint density at radius 1 is 1.11 bits per heavy atom. The van der Waals surface area contributed by atoms with E-state index in [0.29, 0.717) is 11.3 Å². The standard InChI is InChI=1S/C32H38FN3O/c1-6-21(3)23(5)37-31-18-27(17-28(33)22(31)4)29-19-30(25-9-8-10-25)36-20-26(11-12-32(36)34-29)24-13-15-35(7-2)16-14-24/h11-13,17-20H,6-10,14-16H2,1-5H3/b23-21+. The minimum Gasteiger partial charge on any atom is -0.462 e. The molecule has 0 aromatic heterocycles. The van der Waals surface area contributed by atoms with Crippen molar-refractivity contribution in [2.24, 2.45) is 4.99 Å². The van der Waals surface area contributed by atoms with Crippen molar-refractivity contribution in [2.45, 2.75) is 66.7 Å². The van der Waals surface area contributed by atoms with Gasteiger partial charge in [0.1, 0.15) is 17.4 Å². The number of nitrogens with zero attached hydrogens (tertiary/aromatic N) is 3. The number of allylic oxidation sites excluding steroid dienone is 6. The number of ether oxygens (including phenoxy) is 1. The highest BCUT2D eigenvalue weighted by atomic mass is 19.1. The van der Waals surface area contributed by atoms with Crippen molar-refractivity contribution in [3.05, 3.63) is 93.3 Å². The number of hydrogen-bond donors (Lipinski definition) is 0. The Bertz CT molecular complexity index is 1320. The van der Waals surface area contributed by atoms with Crippen molar-refractivity contribution < 1.29 is 9.13 Å². The number of halogens is 1. The Kier molecular flexibility index (Phi) is 7.34. The Labute approximate surface area is 220 Å². The summed E-state index contributed by atoms with van der Waals surface area (Å²) in [7, 11) is 0. The number of benzene rings is 1. The molecule has 4 nitrogen and oxygen atoms in total. The molecule has 1 aromatic rings. The van der Waals surface area contributed by atoms with Gasteiger partial charge >= 0.3 is 0 Å². The smallest absolute Gasteiger partial charge is 0.137 e. The number of rotatable bonds is 6. The molecule has 1 aromatic carbocycles. The molecule has 0 unspecified atom stereocenters. The molecule has 1 saturated carbocycles. The molecule has 1 fully saturated rings. The Hall–Kier alpha value is -3.18. The second-order valence-electron chi connectivity index (χ2n) is 10.4. The molecule has 5 heteroatoms. The number of aliphatic imine (C=N–C) groups is 1. The van der Waals surface area contributed by atoms with Crippen LogP contribution in [0.15, 0.2) is 81.4 Å². The van der Waals surface area contributed by atoms with Gasteiger partial charge in [-0.3, -0.25) is 4.90 Å². The van der Waals surface area contributed by atoms with E-state index in [1.807, 2.05) is 19.9 Å². The number of amidine groups is 1. The summed E-state index contributed by atoms with van der Waals surface area (Å²) in [6.45, 7) is 13.3. The molecule has 1 aliphatic carbocycles. The average Bonchev–Trinajstić information content (AvgIpc) is 2.89. The zero-order valence-corrected chi connectivity index (χ0v) is 22.8. The molecule has 3 heterocycles. The van der Waals surface area contributed by atoms with E-state index in [1.165, 1.54) is 28.8 Å². The van der Waals surface area contributed by atoms with Crippen LogP contribution in [0.1, 0.15) is 70.9 Å². The Balaban J connectivity index is 1.50. The second-order valence-corrected chi connectivity index (χ2v) is 10.4. The Morgan fingerprint density at radius 2 is 1.92 bits per heavy atom. The van der Waals surface area contributed by atoms with Gasteiger partial charge in [0.15, 0.2) is 0 Å². The average molecular weight is 500 g/mol. The van der Waals surface area contributed by atoms with Gasteiger partial charge in [-0.1, -0.05) is 19.9 Å². The first-order chi connectivity index (χ1) is 17.9. The van der Waals surface area contributed by atoms with Crippen LogP contribution in [0, 0.1) is 12.7 Å². The predicted molar refractivity (Wildman–Crippen MR) is 151 cm³/mol. The van der Waals surface area contributed by atoms with Crippen LogP contribution in [-0.4, -0.2) is 35.3 Å². The molecule has 194 valence electrons. The second kappa shape index (κ2) is 10.7. The van der Waals surface area contributed by atoms with Gasteiger partial charge in [0.05, 0.1) is 11.5 Å². The van der Waals surface area contributed by atoms with Crippen LogP contribution in [0.5, 0.6) is 5.75 Å². The quantitative estimate of drug-likeness (QED) is 0.374. The van der Waals surface area contributed by atoms with Gasteiger partial charge in [-0.15, -0.1) is 0 Å². The minimum atomic E-state index is -0.275. The maximum Gasteiger partial charge on any atom is 0.137 e. The molecular formula is C32H38FN3O. The van der Waals surface area contributed by atoms with Crippen molar-refractivity contribution in [3.63, 3.8) is 0 Å². The van der Waals surface area contributed by atoms with E-state index in [1.54, 1.807) is 13.0 Å². The highest BCUT2D eigenvalue weighted by Gasteiger charge is 2.27. The van der Waals surface area contributed by atoms with E-state index in [9.17, 15) is 0 Å². The van der Waals surface area contributed by atoms with Crippen molar-refractivity contribution >= 4 is 11.5 Å². The third-order valence-corrected chi connectivity index (χ3v) is 8.11. The first-order valence-corrected chi connectivity index (χ1v) is 13.7. The summed E-state index contributed by atoms with van der Waals surface area (Å²) in [5, 5.41) is 0. The van der Waals surface area contributed by atoms with Crippen LogP contribution in [0.3, 0.4) is 0 Å². The number of likely N-dealkylation sites (N-methyl/N-ethyl adjacent to an activating group) is 1. The van der Waals surface area contributed by atoms with Gasteiger partial charge in [0.2, 0.25) is 0 Å². The van der Waals surface area contributed by atoms with Crippen LogP contribution < -0.4 is 4.74 Å². The summed E-state index contributed by atoms with van der Waals surface area (Å²) < 4.78 is 21.2. The molecule has 0 atom stereocenters. The lowest BCUT2D eigenvalue weighted by atomic mass is 9.88. The van der Waals surface area contributed by atoms with Gasteiger partial charge < -0.3 is 9.64 Å². The lowest BCUT2D eigenvalue weighted by Gasteiger charge is -2.34. The van der Waals surface area contributed by atoms with Crippen LogP contribution in [0.25, 0.3) is 5.70 Å². The van der Waals surface area contributed by atoms with Gasteiger partial charge in [-0.2, -0.15) is 0 Å². The third-order valence-electron chi connectivity index (χ3n) is 8.11. The summed E-state index contributed by atoms with van der Waals surface area (Å²) in [6, 6.07) is 3.52. The lowest BCUT2D eigenvalue weighted by molar-refractivity contribution is 0.311. The van der Waals surface area contributed by atoms with Crippen LogP contribution in [0.2, 0.25) is 0 Å². The number of fused-ring (bicyclic) bond motifs is 1. The molecule has 4 aliphatic rings. The highest BCUT2D eigenvalue weighted by Crippen LogP contribution is 2.39. The fraction of sp³-hybridized carbons (Fsp3) is 0.406. The van der Waals surface area contributed by atoms with E-state index in [0.717, 1.165) is 73.7 Å². The first kappa shape index (κ1) is 25.5. The van der Waals surface area contributed by atoms with E-state index >= 15 is 4.39 Å². The van der Waals surface area contributed by atoms with Crippen LogP contribution in [0.4, 0.5) is 4.39 Å². The summed E-state index contributed by atoms with van der Waals surface area (Å²) in [5.41, 5.74) is 8.46. The molecule has 0 spiro atoms. The van der Waals surface area contributed by atoms with E-state index in [-0.39, 0.29) is 5.82 Å². The minimum absolute atomic E-state index is 0.275. The summed E-state index contributed by atoms with van der Waals surface area (Å²) in [4.78, 5) is 9.68. The molecule has 0 N–H and O–H groups in total. The largest absolute Gasteiger partial charge is 0.462 e. The SMILES string of the molecule is CC/C(C)=C(\C)Oc1cc(C2=CC(=C3CCC3)N3C=C(C4=CCN(CC)CC4)C=CC3=N2)cc(F)c1C. The van der Waals surface area contributed by atoms with Gasteiger partial charge in [-0.25, -0.2) is 9.38 Å². The molecule has 0 bridgehead atoms. The molecule has 0 amide bonds.